The maximum Gasteiger partial charge on any atom is 0.696 e. The molecule has 196 valence electrons. The van der Waals surface area contributed by atoms with Gasteiger partial charge in [-0.3, -0.25) is 29.2 Å². The van der Waals surface area contributed by atoms with Crippen LogP contribution in [0.15, 0.2) is 24.3 Å². The highest BCUT2D eigenvalue weighted by Gasteiger charge is 2.23. The number of hydrogen-bond acceptors (Lipinski definition) is 10. The molecule has 1 aromatic carbocycles. The highest BCUT2D eigenvalue weighted by atomic mass is 31.1. The van der Waals surface area contributed by atoms with E-state index >= 15 is 0 Å². The summed E-state index contributed by atoms with van der Waals surface area (Å²) in [4.78, 5) is 38.8. The van der Waals surface area contributed by atoms with E-state index in [1.165, 1.54) is 6.07 Å². The van der Waals surface area contributed by atoms with Crippen LogP contribution in [0.4, 0.5) is 0 Å². The molecule has 1 aliphatic rings. The molecular weight excluding hydrogens is 483 g/mol. The van der Waals surface area contributed by atoms with Crippen molar-refractivity contribution >= 4 is 20.2 Å². The fraction of sp³-hybridized carbons (Fsp3) is 0.619. The van der Waals surface area contributed by atoms with Gasteiger partial charge in [-0.05, 0) is 6.07 Å². The Labute approximate surface area is 204 Å². The Morgan fingerprint density at radius 2 is 1.31 bits per heavy atom. The average Bonchev–Trinajstić information content (AvgIpc) is 2.77. The Bertz CT molecular complexity index is 815. The fourth-order valence-corrected chi connectivity index (χ4v) is 4.09. The second-order valence-electron chi connectivity index (χ2n) is 8.33. The third-order valence-corrected chi connectivity index (χ3v) is 6.06. The van der Waals surface area contributed by atoms with Crippen LogP contribution in [-0.2, 0) is 18.7 Å². The SMILES string of the molecule is O=C(O)CN1CCN(CO[P+](=O)O)CCN(CC(=O)O)CCN(CC(O)c2ccccc2O)CC1. The quantitative estimate of drug-likeness (QED) is 0.250. The van der Waals surface area contributed by atoms with E-state index in [-0.39, 0.29) is 32.1 Å². The molecule has 0 spiro atoms. The summed E-state index contributed by atoms with van der Waals surface area (Å²) in [7, 11) is -2.80. The summed E-state index contributed by atoms with van der Waals surface area (Å²) in [5.74, 6) is -2.01. The van der Waals surface area contributed by atoms with E-state index in [9.17, 15) is 34.6 Å². The van der Waals surface area contributed by atoms with Crippen molar-refractivity contribution in [3.8, 4) is 5.75 Å². The molecule has 1 aromatic rings. The van der Waals surface area contributed by atoms with Gasteiger partial charge in [-0.25, -0.2) is 0 Å². The topological polar surface area (TPSA) is 175 Å². The van der Waals surface area contributed by atoms with E-state index in [0.717, 1.165) is 0 Å². The van der Waals surface area contributed by atoms with E-state index in [4.69, 9.17) is 9.42 Å². The minimum atomic E-state index is -2.80. The van der Waals surface area contributed by atoms with Gasteiger partial charge in [0, 0.05) is 69.0 Å². The predicted octanol–water partition coefficient (Wildman–Crippen LogP) is -0.560. The van der Waals surface area contributed by atoms with Crippen LogP contribution in [0.3, 0.4) is 0 Å². The third-order valence-electron chi connectivity index (χ3n) is 5.73. The number of nitrogens with zero attached hydrogens (tertiary/aromatic N) is 4. The number of rotatable bonds is 10. The molecule has 1 saturated heterocycles. The van der Waals surface area contributed by atoms with Gasteiger partial charge in [-0.15, -0.1) is 9.42 Å². The van der Waals surface area contributed by atoms with Gasteiger partial charge in [0.2, 0.25) is 0 Å². The number of hydrogen-bond donors (Lipinski definition) is 5. The lowest BCUT2D eigenvalue weighted by molar-refractivity contribution is -0.139. The number of aromatic hydroxyl groups is 1. The molecule has 35 heavy (non-hydrogen) atoms. The lowest BCUT2D eigenvalue weighted by Crippen LogP contribution is -2.48. The Morgan fingerprint density at radius 3 is 1.77 bits per heavy atom. The molecule has 0 saturated carbocycles. The first-order chi connectivity index (χ1) is 16.6. The number of phenols is 1. The van der Waals surface area contributed by atoms with Crippen molar-refractivity contribution in [2.24, 2.45) is 0 Å². The van der Waals surface area contributed by atoms with Gasteiger partial charge in [-0.1, -0.05) is 18.2 Å². The second-order valence-corrected chi connectivity index (χ2v) is 9.06. The minimum Gasteiger partial charge on any atom is -0.508 e. The lowest BCUT2D eigenvalue weighted by Gasteiger charge is -2.33. The Hall–Kier alpha value is -2.22. The predicted molar refractivity (Wildman–Crippen MR) is 125 cm³/mol. The molecule has 1 heterocycles. The van der Waals surface area contributed by atoms with Crippen LogP contribution < -0.4 is 0 Å². The molecule has 13 nitrogen and oxygen atoms in total. The van der Waals surface area contributed by atoms with Gasteiger partial charge in [0.25, 0.3) is 0 Å². The number of carboxylic acids is 2. The van der Waals surface area contributed by atoms with Crippen molar-refractivity contribution in [2.45, 2.75) is 6.10 Å². The van der Waals surface area contributed by atoms with E-state index < -0.39 is 26.3 Å². The Balaban J connectivity index is 2.16. The van der Waals surface area contributed by atoms with Gasteiger partial charge in [0.1, 0.15) is 5.75 Å². The fourth-order valence-electron chi connectivity index (χ4n) is 3.83. The van der Waals surface area contributed by atoms with Crippen molar-refractivity contribution in [1.29, 1.82) is 0 Å². The van der Waals surface area contributed by atoms with Gasteiger partial charge in [-0.2, -0.15) is 0 Å². The third kappa shape index (κ3) is 11.4. The summed E-state index contributed by atoms with van der Waals surface area (Å²) in [6, 6.07) is 6.48. The van der Waals surface area contributed by atoms with E-state index in [2.05, 4.69) is 0 Å². The number of aliphatic hydroxyl groups is 1. The van der Waals surface area contributed by atoms with Crippen LogP contribution in [0.1, 0.15) is 11.7 Å². The summed E-state index contributed by atoms with van der Waals surface area (Å²) in [6.45, 7) is 2.51. The number of aliphatic hydroxyl groups excluding tert-OH is 1. The van der Waals surface area contributed by atoms with Gasteiger partial charge in [0.15, 0.2) is 6.73 Å². The normalized spacial score (nSPS) is 19.4. The van der Waals surface area contributed by atoms with E-state index in [1.54, 1.807) is 32.9 Å². The van der Waals surface area contributed by atoms with Crippen LogP contribution in [0.25, 0.3) is 0 Å². The largest absolute Gasteiger partial charge is 0.696 e. The number of aliphatic carboxylic acids is 2. The first kappa shape index (κ1) is 29.0. The summed E-state index contributed by atoms with van der Waals surface area (Å²) in [5, 5.41) is 39.4. The molecule has 1 fully saturated rings. The zero-order valence-corrected chi connectivity index (χ0v) is 20.4. The molecule has 2 unspecified atom stereocenters. The molecule has 5 N–H and O–H groups in total. The highest BCUT2D eigenvalue weighted by molar-refractivity contribution is 7.32. The Kier molecular flexibility index (Phi) is 12.4. The van der Waals surface area contributed by atoms with Crippen molar-refractivity contribution in [3.63, 3.8) is 0 Å². The summed E-state index contributed by atoms with van der Waals surface area (Å²) in [5.41, 5.74) is 0.376. The first-order valence-corrected chi connectivity index (χ1v) is 12.3. The van der Waals surface area contributed by atoms with Gasteiger partial charge < -0.3 is 20.4 Å². The monoisotopic (exact) mass is 517 g/mol. The number of carbonyl (C=O) groups is 2. The maximum absolute atomic E-state index is 11.4. The summed E-state index contributed by atoms with van der Waals surface area (Å²) in [6.07, 6.45) is -0.988. The number of phenolic OH excluding ortho intramolecular Hbond substituents is 1. The zero-order valence-electron chi connectivity index (χ0n) is 19.5. The smallest absolute Gasteiger partial charge is 0.508 e. The lowest BCUT2D eigenvalue weighted by atomic mass is 10.1. The van der Waals surface area contributed by atoms with Crippen molar-refractivity contribution in [1.82, 2.24) is 19.6 Å². The standard InChI is InChI=1S/C21H33N4O9P/c26-18-4-2-1-3-17(18)19(27)13-22-5-7-23(14-20(28)29)9-11-25(16-34-35(32)33)12-10-24(8-6-22)15-21(30)31/h1-4,19,27H,5-16H2,(H3-,26,28,29,30,31,32,33)/p+1. The number of para-hydroxylation sites is 1. The summed E-state index contributed by atoms with van der Waals surface area (Å²) >= 11 is 0. The molecule has 0 radical (unpaired) electrons. The molecule has 0 aliphatic carbocycles. The zero-order chi connectivity index (χ0) is 25.8. The van der Waals surface area contributed by atoms with E-state index in [1.807, 2.05) is 4.90 Å². The van der Waals surface area contributed by atoms with Crippen LogP contribution in [0, 0.1) is 0 Å². The van der Waals surface area contributed by atoms with Crippen LogP contribution in [0.2, 0.25) is 0 Å². The Morgan fingerprint density at radius 1 is 0.857 bits per heavy atom. The molecule has 0 amide bonds. The molecule has 0 aromatic heterocycles. The van der Waals surface area contributed by atoms with E-state index in [0.29, 0.717) is 57.9 Å². The second kappa shape index (κ2) is 15.0. The molecule has 2 atom stereocenters. The van der Waals surface area contributed by atoms with Crippen LogP contribution in [-0.4, -0.2) is 136 Å². The van der Waals surface area contributed by atoms with Crippen molar-refractivity contribution in [3.05, 3.63) is 29.8 Å². The molecule has 2 rings (SSSR count). The van der Waals surface area contributed by atoms with Crippen LogP contribution >= 0.6 is 8.25 Å². The average molecular weight is 517 g/mol. The van der Waals surface area contributed by atoms with Crippen LogP contribution in [0.5, 0.6) is 5.75 Å². The van der Waals surface area contributed by atoms with Crippen molar-refractivity contribution < 1.29 is 44.0 Å². The highest BCUT2D eigenvalue weighted by Crippen LogP contribution is 2.24. The summed E-state index contributed by atoms with van der Waals surface area (Å²) < 4.78 is 15.8. The number of carboxylic acid groups (broad SMARTS) is 2. The maximum atomic E-state index is 11.4. The molecule has 0 bridgehead atoms. The molecular formula is C21H34N4O9P+. The molecule has 14 heteroatoms. The van der Waals surface area contributed by atoms with Gasteiger partial charge >= 0.3 is 20.2 Å². The molecule has 1 aliphatic heterocycles. The minimum absolute atomic E-state index is 0.0266. The first-order valence-electron chi connectivity index (χ1n) is 11.2. The van der Waals surface area contributed by atoms with Gasteiger partial charge in [0.05, 0.1) is 19.2 Å². The number of β-amino-alcohol motifs (C(OH)–C–C–N with tert-alkyl or cyclic N) is 1. The van der Waals surface area contributed by atoms with Crippen molar-refractivity contribution in [2.75, 3.05) is 78.7 Å². The number of benzene rings is 1.